The fourth-order valence-electron chi connectivity index (χ4n) is 2.62. The van der Waals surface area contributed by atoms with Crippen LogP contribution in [0.25, 0.3) is 5.69 Å². The zero-order valence-corrected chi connectivity index (χ0v) is 16.6. The highest BCUT2D eigenvalue weighted by atomic mass is 79.9. The third-order valence-electron chi connectivity index (χ3n) is 4.18. The predicted octanol–water partition coefficient (Wildman–Crippen LogP) is 4.23. The van der Waals surface area contributed by atoms with Gasteiger partial charge in [-0.1, -0.05) is 28.1 Å². The van der Waals surface area contributed by atoms with E-state index in [-0.39, 0.29) is 18.3 Å². The Labute approximate surface area is 165 Å². The minimum absolute atomic E-state index is 0.159. The van der Waals surface area contributed by atoms with E-state index in [4.69, 9.17) is 4.74 Å². The Balaban J connectivity index is 1.65. The van der Waals surface area contributed by atoms with E-state index in [0.717, 1.165) is 15.9 Å². The van der Waals surface area contributed by atoms with E-state index in [9.17, 15) is 9.18 Å². The number of aromatic nitrogens is 2. The Bertz CT molecular complexity index is 941. The summed E-state index contributed by atoms with van der Waals surface area (Å²) < 4.78 is 21.7. The van der Waals surface area contributed by atoms with E-state index in [1.165, 1.54) is 11.0 Å². The highest BCUT2D eigenvalue weighted by Gasteiger charge is 2.18. The van der Waals surface area contributed by atoms with Gasteiger partial charge in [-0.05, 0) is 43.3 Å². The number of carbonyl (C=O) groups excluding carboxylic acids is 1. The molecule has 0 saturated heterocycles. The van der Waals surface area contributed by atoms with Crippen molar-refractivity contribution in [2.24, 2.45) is 0 Å². The standard InChI is InChI=1S/C20H19BrFN3O2/c1-14-17(13-23-25(14)16-9-7-15(21)8-10-16)20(26)24(2)11-12-27-19-6-4-3-5-18(19)22/h3-10,13H,11-12H2,1-2H3. The van der Waals surface area contributed by atoms with Crippen LogP contribution in [-0.4, -0.2) is 40.8 Å². The maximum Gasteiger partial charge on any atom is 0.257 e. The first-order chi connectivity index (χ1) is 13.0. The van der Waals surface area contributed by atoms with Gasteiger partial charge in [0.2, 0.25) is 0 Å². The number of rotatable bonds is 6. The third kappa shape index (κ3) is 4.36. The lowest BCUT2D eigenvalue weighted by Gasteiger charge is -2.17. The van der Waals surface area contributed by atoms with E-state index in [1.54, 1.807) is 36.1 Å². The molecule has 0 aliphatic heterocycles. The lowest BCUT2D eigenvalue weighted by atomic mass is 10.2. The van der Waals surface area contributed by atoms with Gasteiger partial charge in [0.1, 0.15) is 6.61 Å². The van der Waals surface area contributed by atoms with Crippen molar-refractivity contribution in [2.75, 3.05) is 20.2 Å². The van der Waals surface area contributed by atoms with Crippen LogP contribution in [0.1, 0.15) is 16.1 Å². The molecular formula is C20H19BrFN3O2. The number of nitrogens with zero attached hydrogens (tertiary/aromatic N) is 3. The zero-order chi connectivity index (χ0) is 19.4. The van der Waals surface area contributed by atoms with Crippen molar-refractivity contribution in [3.63, 3.8) is 0 Å². The number of likely N-dealkylation sites (N-methyl/N-ethyl adjacent to an activating group) is 1. The molecule has 1 aromatic heterocycles. The van der Waals surface area contributed by atoms with Crippen LogP contribution >= 0.6 is 15.9 Å². The van der Waals surface area contributed by atoms with Crippen molar-refractivity contribution in [1.82, 2.24) is 14.7 Å². The smallest absolute Gasteiger partial charge is 0.257 e. The number of hydrogen-bond acceptors (Lipinski definition) is 3. The Hall–Kier alpha value is -2.67. The van der Waals surface area contributed by atoms with Crippen LogP contribution in [0.4, 0.5) is 4.39 Å². The minimum atomic E-state index is -0.418. The molecule has 0 aliphatic rings. The van der Waals surface area contributed by atoms with Crippen molar-refractivity contribution < 1.29 is 13.9 Å². The lowest BCUT2D eigenvalue weighted by Crippen LogP contribution is -2.31. The molecule has 1 heterocycles. The van der Waals surface area contributed by atoms with Crippen molar-refractivity contribution in [3.8, 4) is 11.4 Å². The SMILES string of the molecule is Cc1c(C(=O)N(C)CCOc2ccccc2F)cnn1-c1ccc(Br)cc1. The van der Waals surface area contributed by atoms with Crippen molar-refractivity contribution in [2.45, 2.75) is 6.92 Å². The van der Waals surface area contributed by atoms with Crippen molar-refractivity contribution in [3.05, 3.63) is 76.3 Å². The molecule has 0 spiro atoms. The molecular weight excluding hydrogens is 413 g/mol. The summed E-state index contributed by atoms with van der Waals surface area (Å²) in [5.74, 6) is -0.399. The van der Waals surface area contributed by atoms with Crippen LogP contribution in [-0.2, 0) is 0 Å². The molecule has 3 rings (SSSR count). The third-order valence-corrected chi connectivity index (χ3v) is 4.71. The van der Waals surface area contributed by atoms with Gasteiger partial charge in [0.25, 0.3) is 5.91 Å². The van der Waals surface area contributed by atoms with Gasteiger partial charge in [0, 0.05) is 11.5 Å². The molecule has 0 atom stereocenters. The van der Waals surface area contributed by atoms with Crippen LogP contribution in [0.3, 0.4) is 0 Å². The number of halogens is 2. The summed E-state index contributed by atoms with van der Waals surface area (Å²) in [6, 6.07) is 13.9. The quantitative estimate of drug-likeness (QED) is 0.586. The predicted molar refractivity (Wildman–Crippen MR) is 105 cm³/mol. The lowest BCUT2D eigenvalue weighted by molar-refractivity contribution is 0.0772. The van der Waals surface area contributed by atoms with E-state index >= 15 is 0 Å². The Morgan fingerprint density at radius 2 is 1.93 bits per heavy atom. The summed E-state index contributed by atoms with van der Waals surface area (Å²) in [6.45, 7) is 2.38. The Kier molecular flexibility index (Phi) is 5.91. The highest BCUT2D eigenvalue weighted by molar-refractivity contribution is 9.10. The Morgan fingerprint density at radius 1 is 1.22 bits per heavy atom. The van der Waals surface area contributed by atoms with Crippen LogP contribution in [0, 0.1) is 12.7 Å². The van der Waals surface area contributed by atoms with Gasteiger partial charge in [-0.2, -0.15) is 5.10 Å². The molecule has 7 heteroatoms. The van der Waals surface area contributed by atoms with Gasteiger partial charge in [-0.25, -0.2) is 9.07 Å². The van der Waals surface area contributed by atoms with Crippen LogP contribution in [0.2, 0.25) is 0 Å². The van der Waals surface area contributed by atoms with Gasteiger partial charge in [0.15, 0.2) is 11.6 Å². The fraction of sp³-hybridized carbons (Fsp3) is 0.200. The molecule has 5 nitrogen and oxygen atoms in total. The second-order valence-corrected chi connectivity index (χ2v) is 6.95. The van der Waals surface area contributed by atoms with Crippen molar-refractivity contribution in [1.29, 1.82) is 0 Å². The maximum absolute atomic E-state index is 13.6. The molecule has 0 fully saturated rings. The molecule has 3 aromatic rings. The highest BCUT2D eigenvalue weighted by Crippen LogP contribution is 2.18. The summed E-state index contributed by atoms with van der Waals surface area (Å²) in [7, 11) is 1.68. The number of para-hydroxylation sites is 1. The number of amides is 1. The average Bonchev–Trinajstić information content (AvgIpc) is 3.04. The first-order valence-corrected chi connectivity index (χ1v) is 9.20. The molecule has 1 amide bonds. The zero-order valence-electron chi connectivity index (χ0n) is 15.0. The Morgan fingerprint density at radius 3 is 2.63 bits per heavy atom. The van der Waals surface area contributed by atoms with Crippen LogP contribution in [0.5, 0.6) is 5.75 Å². The van der Waals surface area contributed by atoms with Gasteiger partial charge in [0.05, 0.1) is 29.7 Å². The van der Waals surface area contributed by atoms with E-state index < -0.39 is 5.82 Å². The molecule has 140 valence electrons. The maximum atomic E-state index is 13.6. The van der Waals surface area contributed by atoms with Gasteiger partial charge in [-0.15, -0.1) is 0 Å². The van der Waals surface area contributed by atoms with Gasteiger partial charge >= 0.3 is 0 Å². The first-order valence-electron chi connectivity index (χ1n) is 8.40. The van der Waals surface area contributed by atoms with Crippen LogP contribution in [0.15, 0.2) is 59.2 Å². The summed E-state index contributed by atoms with van der Waals surface area (Å²) >= 11 is 3.40. The topological polar surface area (TPSA) is 47.4 Å². The molecule has 27 heavy (non-hydrogen) atoms. The largest absolute Gasteiger partial charge is 0.489 e. The molecule has 0 N–H and O–H groups in total. The minimum Gasteiger partial charge on any atom is -0.489 e. The molecule has 0 aliphatic carbocycles. The van der Waals surface area contributed by atoms with Gasteiger partial charge < -0.3 is 9.64 Å². The van der Waals surface area contributed by atoms with E-state index in [1.807, 2.05) is 31.2 Å². The number of benzene rings is 2. The second-order valence-electron chi connectivity index (χ2n) is 6.04. The van der Waals surface area contributed by atoms with Gasteiger partial charge in [-0.3, -0.25) is 4.79 Å². The fourth-order valence-corrected chi connectivity index (χ4v) is 2.89. The van der Waals surface area contributed by atoms with Crippen LogP contribution < -0.4 is 4.74 Å². The van der Waals surface area contributed by atoms with E-state index in [2.05, 4.69) is 21.0 Å². The number of hydrogen-bond donors (Lipinski definition) is 0. The summed E-state index contributed by atoms with van der Waals surface area (Å²) in [6.07, 6.45) is 1.56. The molecule has 2 aromatic carbocycles. The summed E-state index contributed by atoms with van der Waals surface area (Å²) in [5, 5.41) is 4.33. The van der Waals surface area contributed by atoms with Crippen molar-refractivity contribution >= 4 is 21.8 Å². The number of carbonyl (C=O) groups is 1. The molecule has 0 radical (unpaired) electrons. The molecule has 0 saturated carbocycles. The first kappa shape index (κ1) is 19.1. The molecule has 0 unspecified atom stereocenters. The summed E-state index contributed by atoms with van der Waals surface area (Å²) in [5.41, 5.74) is 2.15. The second kappa shape index (κ2) is 8.35. The van der Waals surface area contributed by atoms with E-state index in [0.29, 0.717) is 12.1 Å². The molecule has 0 bridgehead atoms. The summed E-state index contributed by atoms with van der Waals surface area (Å²) in [4.78, 5) is 14.2. The average molecular weight is 432 g/mol. The normalized spacial score (nSPS) is 10.7. The number of ether oxygens (including phenoxy) is 1. The monoisotopic (exact) mass is 431 g/mol.